The van der Waals surface area contributed by atoms with Crippen LogP contribution in [0.4, 0.5) is 23.1 Å². The van der Waals surface area contributed by atoms with Gasteiger partial charge >= 0.3 is 49.7 Å². The Bertz CT molecular complexity index is 1120. The minimum absolute atomic E-state index is 0. The van der Waals surface area contributed by atoms with Crippen LogP contribution in [0.5, 0.6) is 0 Å². The van der Waals surface area contributed by atoms with Crippen LogP contribution in [0, 0.1) is 0 Å². The van der Waals surface area contributed by atoms with Crippen molar-refractivity contribution in [2.75, 3.05) is 41.4 Å². The second-order valence-electron chi connectivity index (χ2n) is 7.55. The number of likely N-dealkylation sites (N-methyl/N-ethyl adjacent to an activating group) is 1. The summed E-state index contributed by atoms with van der Waals surface area (Å²) in [6.45, 7) is 1.01. The number of H-pyrrole nitrogens is 1. The third kappa shape index (κ3) is 6.74. The third-order valence-corrected chi connectivity index (χ3v) is 5.26. The fourth-order valence-corrected chi connectivity index (χ4v) is 3.42. The van der Waals surface area contributed by atoms with E-state index >= 15 is 0 Å². The van der Waals surface area contributed by atoms with Gasteiger partial charge in [0.25, 0.3) is 11.5 Å². The zero-order chi connectivity index (χ0) is 24.1. The Kier molecular flexibility index (Phi) is 9.53. The molecule has 0 bridgehead atoms. The molecule has 0 fully saturated rings. The Balaban J connectivity index is 0.00000408. The van der Waals surface area contributed by atoms with Gasteiger partial charge < -0.3 is 39.7 Å². The maximum absolute atomic E-state index is 12.3. The summed E-state index contributed by atoms with van der Waals surface area (Å²) in [6, 6.07) is 5.03. The SMILES string of the molecule is CN1c2c(nc(N)[nH]c2=O)NC[C@@H]1CNc1ccc(C(=O)NC(CCC(=O)O)C(=O)O)cc1.[Ca+2].[H-].[H-]. The molecular weight excluding hydrogens is 474 g/mol. The Morgan fingerprint density at radius 2 is 1.97 bits per heavy atom. The monoisotopic (exact) mass is 501 g/mol. The first-order valence-electron chi connectivity index (χ1n) is 10.1. The van der Waals surface area contributed by atoms with E-state index in [1.807, 2.05) is 4.90 Å². The van der Waals surface area contributed by atoms with Crippen LogP contribution in [0.1, 0.15) is 26.1 Å². The summed E-state index contributed by atoms with van der Waals surface area (Å²) >= 11 is 0. The number of aliphatic carboxylic acids is 2. The van der Waals surface area contributed by atoms with Gasteiger partial charge in [-0.3, -0.25) is 19.4 Å². The normalized spacial score (nSPS) is 15.2. The first-order valence-corrected chi connectivity index (χ1v) is 10.1. The number of hydrogen-bond donors (Lipinski definition) is 7. The van der Waals surface area contributed by atoms with Crippen LogP contribution in [-0.4, -0.2) is 108 Å². The number of carbonyl (C=O) groups is 3. The van der Waals surface area contributed by atoms with Crippen molar-refractivity contribution in [3.8, 4) is 0 Å². The number of benzene rings is 1. The van der Waals surface area contributed by atoms with E-state index in [0.29, 0.717) is 24.6 Å². The molecule has 8 N–H and O–H groups in total. The van der Waals surface area contributed by atoms with Crippen molar-refractivity contribution in [1.82, 2.24) is 15.3 Å². The Labute approximate surface area is 227 Å². The standard InChI is InChI=1S/C20H25N7O6.Ca.2H/c1-27-12(9-23-16-15(27)18(31)26-20(21)25-16)8-22-11-4-2-10(3-5-11)17(30)24-13(19(32)33)6-7-14(28)29;;;/h2-5,12-13,22H,6-9H2,1H3,(H,24,30)(H,28,29)(H,32,33)(H4,21,23,25,26,31);;;/q;+2;2*-1/t12-,13?;;;/m0.../s1. The second kappa shape index (κ2) is 11.9. The molecule has 1 aromatic heterocycles. The van der Waals surface area contributed by atoms with Crippen LogP contribution in [-0.2, 0) is 9.59 Å². The van der Waals surface area contributed by atoms with Crippen LogP contribution >= 0.6 is 0 Å². The zero-order valence-corrected chi connectivity index (χ0v) is 20.7. The fraction of sp³-hybridized carbons (Fsp3) is 0.350. The molecule has 1 aliphatic rings. The molecule has 180 valence electrons. The minimum Gasteiger partial charge on any atom is -1.00 e. The number of aromatic nitrogens is 2. The molecule has 34 heavy (non-hydrogen) atoms. The number of amides is 1. The van der Waals surface area contributed by atoms with Crippen LogP contribution in [0.25, 0.3) is 0 Å². The number of carboxylic acids is 2. The first-order chi connectivity index (χ1) is 15.7. The van der Waals surface area contributed by atoms with Gasteiger partial charge in [0.2, 0.25) is 5.95 Å². The second-order valence-corrected chi connectivity index (χ2v) is 7.55. The Morgan fingerprint density at radius 1 is 1.29 bits per heavy atom. The van der Waals surface area contributed by atoms with Gasteiger partial charge in [-0.25, -0.2) is 4.79 Å². The van der Waals surface area contributed by atoms with Gasteiger partial charge in [-0.2, -0.15) is 4.98 Å². The molecule has 1 amide bonds. The van der Waals surface area contributed by atoms with E-state index in [9.17, 15) is 24.3 Å². The Morgan fingerprint density at radius 3 is 2.59 bits per heavy atom. The van der Waals surface area contributed by atoms with Crippen molar-refractivity contribution in [3.63, 3.8) is 0 Å². The van der Waals surface area contributed by atoms with E-state index in [1.165, 1.54) is 12.1 Å². The number of anilines is 4. The largest absolute Gasteiger partial charge is 2.00 e. The van der Waals surface area contributed by atoms with Crippen molar-refractivity contribution in [2.24, 2.45) is 0 Å². The molecule has 0 aliphatic carbocycles. The molecule has 2 atom stereocenters. The fourth-order valence-electron chi connectivity index (χ4n) is 3.42. The molecule has 0 spiro atoms. The number of carbonyl (C=O) groups excluding carboxylic acids is 1. The summed E-state index contributed by atoms with van der Waals surface area (Å²) in [7, 11) is 1.79. The summed E-state index contributed by atoms with van der Waals surface area (Å²) in [5, 5.41) is 26.6. The molecule has 1 aliphatic heterocycles. The molecule has 14 heteroatoms. The van der Waals surface area contributed by atoms with E-state index in [1.54, 1.807) is 19.2 Å². The minimum atomic E-state index is -1.30. The molecule has 3 rings (SSSR count). The maximum Gasteiger partial charge on any atom is 2.00 e. The van der Waals surface area contributed by atoms with Gasteiger partial charge in [0.1, 0.15) is 11.7 Å². The topological polar surface area (TPSA) is 203 Å². The molecule has 0 saturated carbocycles. The van der Waals surface area contributed by atoms with Gasteiger partial charge in [-0.15, -0.1) is 0 Å². The summed E-state index contributed by atoms with van der Waals surface area (Å²) in [6.07, 6.45) is -0.586. The van der Waals surface area contributed by atoms with Gasteiger partial charge in [-0.05, 0) is 30.7 Å². The van der Waals surface area contributed by atoms with Crippen LogP contribution in [0.2, 0.25) is 0 Å². The average Bonchev–Trinajstić information content (AvgIpc) is 2.75. The quantitative estimate of drug-likeness (QED) is 0.220. The zero-order valence-electron chi connectivity index (χ0n) is 20.5. The van der Waals surface area contributed by atoms with Crippen LogP contribution < -0.4 is 32.1 Å². The smallest absolute Gasteiger partial charge is 1.00 e. The van der Waals surface area contributed by atoms with E-state index in [-0.39, 0.29) is 76.5 Å². The van der Waals surface area contributed by atoms with E-state index in [0.717, 1.165) is 5.69 Å². The van der Waals surface area contributed by atoms with Crippen molar-refractivity contribution >= 4 is 78.7 Å². The van der Waals surface area contributed by atoms with Crippen molar-refractivity contribution in [1.29, 1.82) is 0 Å². The molecule has 0 saturated heterocycles. The summed E-state index contributed by atoms with van der Waals surface area (Å²) < 4.78 is 0. The molecule has 0 radical (unpaired) electrons. The number of nitrogens with zero attached hydrogens (tertiary/aromatic N) is 2. The van der Waals surface area contributed by atoms with E-state index < -0.39 is 23.9 Å². The number of fused-ring (bicyclic) bond motifs is 1. The van der Waals surface area contributed by atoms with Crippen molar-refractivity contribution in [2.45, 2.75) is 24.9 Å². The van der Waals surface area contributed by atoms with Crippen LogP contribution in [0.15, 0.2) is 29.1 Å². The number of rotatable bonds is 9. The molecule has 13 nitrogen and oxygen atoms in total. The molecular formula is C20H27CaN7O6. The van der Waals surface area contributed by atoms with Crippen molar-refractivity contribution in [3.05, 3.63) is 40.2 Å². The third-order valence-electron chi connectivity index (χ3n) is 5.26. The maximum atomic E-state index is 12.3. The number of nitrogens with two attached hydrogens (primary N) is 1. The molecule has 1 unspecified atom stereocenters. The van der Waals surface area contributed by atoms with Crippen molar-refractivity contribution < 1.29 is 27.4 Å². The summed E-state index contributed by atoms with van der Waals surface area (Å²) in [5.74, 6) is -2.59. The van der Waals surface area contributed by atoms with E-state index in [2.05, 4.69) is 25.9 Å². The predicted molar refractivity (Wildman–Crippen MR) is 129 cm³/mol. The number of nitrogens with one attached hydrogen (secondary N) is 4. The average molecular weight is 502 g/mol. The van der Waals surface area contributed by atoms with Gasteiger partial charge in [0.05, 0.1) is 6.04 Å². The number of nitrogen functional groups attached to an aromatic ring is 1. The predicted octanol–water partition coefficient (Wildman–Crippen LogP) is -0.413. The van der Waals surface area contributed by atoms with E-state index in [4.69, 9.17) is 10.8 Å². The van der Waals surface area contributed by atoms with Gasteiger partial charge in [0.15, 0.2) is 5.82 Å². The number of hydrogen-bond acceptors (Lipinski definition) is 9. The molecule has 2 aromatic rings. The van der Waals surface area contributed by atoms with Crippen LogP contribution in [0.3, 0.4) is 0 Å². The summed E-state index contributed by atoms with van der Waals surface area (Å²) in [4.78, 5) is 54.9. The number of aromatic amines is 1. The Hall–Kier alpha value is -3.03. The molecule has 2 heterocycles. The summed E-state index contributed by atoms with van der Waals surface area (Å²) in [5.41, 5.74) is 6.59. The van der Waals surface area contributed by atoms with Gasteiger partial charge in [0, 0.05) is 37.8 Å². The first kappa shape index (κ1) is 27.2. The molecule has 1 aromatic carbocycles. The number of carboxylic acid groups (broad SMARTS) is 2. The van der Waals surface area contributed by atoms with Gasteiger partial charge in [-0.1, -0.05) is 0 Å².